The van der Waals surface area contributed by atoms with E-state index in [-0.39, 0.29) is 0 Å². The zero-order valence-electron chi connectivity index (χ0n) is 11.4. The largest absolute Gasteiger partial charge is 0.366 e. The third-order valence-corrected chi connectivity index (χ3v) is 4.23. The van der Waals surface area contributed by atoms with Crippen LogP contribution < -0.4 is 5.32 Å². The van der Waals surface area contributed by atoms with Crippen LogP contribution in [0.2, 0.25) is 0 Å². The monoisotopic (exact) mass is 243 g/mol. The van der Waals surface area contributed by atoms with Gasteiger partial charge in [0.1, 0.15) is 11.9 Å². The van der Waals surface area contributed by atoms with Crippen LogP contribution in [-0.4, -0.2) is 11.0 Å². The third-order valence-electron chi connectivity index (χ3n) is 4.23. The minimum Gasteiger partial charge on any atom is -0.366 e. The Morgan fingerprint density at radius 1 is 1.44 bits per heavy atom. The molecule has 1 aromatic heterocycles. The van der Waals surface area contributed by atoms with Gasteiger partial charge in [-0.2, -0.15) is 5.26 Å². The highest BCUT2D eigenvalue weighted by Gasteiger charge is 2.31. The highest BCUT2D eigenvalue weighted by molar-refractivity contribution is 5.52. The maximum Gasteiger partial charge on any atom is 0.144 e. The molecule has 0 amide bonds. The van der Waals surface area contributed by atoms with E-state index in [1.165, 1.54) is 19.3 Å². The molecular formula is C15H21N3. The number of hydrogen-bond acceptors (Lipinski definition) is 3. The summed E-state index contributed by atoms with van der Waals surface area (Å²) in [5.74, 6) is 2.22. The molecule has 0 aromatic carbocycles. The summed E-state index contributed by atoms with van der Waals surface area (Å²) < 4.78 is 0. The second-order valence-electron chi connectivity index (χ2n) is 5.32. The summed E-state index contributed by atoms with van der Waals surface area (Å²) >= 11 is 0. The van der Waals surface area contributed by atoms with Gasteiger partial charge in [0, 0.05) is 11.7 Å². The summed E-state index contributed by atoms with van der Waals surface area (Å²) in [5, 5.41) is 12.6. The van der Waals surface area contributed by atoms with Gasteiger partial charge in [0.05, 0.1) is 5.56 Å². The van der Waals surface area contributed by atoms with E-state index in [4.69, 9.17) is 5.26 Å². The number of anilines is 1. The molecule has 1 aliphatic rings. The van der Waals surface area contributed by atoms with E-state index in [9.17, 15) is 0 Å². The van der Waals surface area contributed by atoms with Gasteiger partial charge in [0.2, 0.25) is 0 Å². The van der Waals surface area contributed by atoms with Crippen molar-refractivity contribution in [2.24, 2.45) is 11.8 Å². The van der Waals surface area contributed by atoms with Gasteiger partial charge in [0.25, 0.3) is 0 Å². The van der Waals surface area contributed by atoms with Gasteiger partial charge in [0.15, 0.2) is 0 Å². The molecular weight excluding hydrogens is 222 g/mol. The van der Waals surface area contributed by atoms with Crippen molar-refractivity contribution in [3.63, 3.8) is 0 Å². The molecule has 18 heavy (non-hydrogen) atoms. The highest BCUT2D eigenvalue weighted by atomic mass is 15.0. The smallest absolute Gasteiger partial charge is 0.144 e. The predicted octanol–water partition coefficient (Wildman–Crippen LogP) is 3.50. The number of hydrogen-bond donors (Lipinski definition) is 1. The molecule has 0 spiro atoms. The summed E-state index contributed by atoms with van der Waals surface area (Å²) in [7, 11) is 0. The number of nitrogens with zero attached hydrogens (tertiary/aromatic N) is 2. The standard InChI is InChI=1S/C15H21N3/c1-4-12-7-8-14(11(12)3)18-15-13(9-16)6-5-10(2)17-15/h5-6,11-12,14H,4,7-8H2,1-3H3,(H,17,18). The maximum absolute atomic E-state index is 9.12. The van der Waals surface area contributed by atoms with E-state index in [2.05, 4.69) is 30.2 Å². The Kier molecular flexibility index (Phi) is 3.86. The molecule has 3 heteroatoms. The minimum absolute atomic E-state index is 0.455. The van der Waals surface area contributed by atoms with Gasteiger partial charge >= 0.3 is 0 Å². The first-order valence-electron chi connectivity index (χ1n) is 6.80. The first-order valence-corrected chi connectivity index (χ1v) is 6.80. The van der Waals surface area contributed by atoms with Crippen LogP contribution in [0.1, 0.15) is 44.4 Å². The third kappa shape index (κ3) is 2.48. The molecule has 0 radical (unpaired) electrons. The molecule has 3 atom stereocenters. The van der Waals surface area contributed by atoms with E-state index in [0.29, 0.717) is 17.5 Å². The fraction of sp³-hybridized carbons (Fsp3) is 0.600. The fourth-order valence-electron chi connectivity index (χ4n) is 2.96. The van der Waals surface area contributed by atoms with Gasteiger partial charge in [-0.05, 0) is 43.7 Å². The van der Waals surface area contributed by atoms with Crippen LogP contribution in [0.5, 0.6) is 0 Å². The Hall–Kier alpha value is -1.56. The van der Waals surface area contributed by atoms with Gasteiger partial charge in [-0.25, -0.2) is 4.98 Å². The van der Waals surface area contributed by atoms with E-state index in [0.717, 1.165) is 17.4 Å². The van der Waals surface area contributed by atoms with E-state index >= 15 is 0 Å². The van der Waals surface area contributed by atoms with E-state index < -0.39 is 0 Å². The fourth-order valence-corrected chi connectivity index (χ4v) is 2.96. The summed E-state index contributed by atoms with van der Waals surface area (Å²) in [5.41, 5.74) is 1.60. The average Bonchev–Trinajstić information content (AvgIpc) is 2.71. The van der Waals surface area contributed by atoms with Gasteiger partial charge in [-0.3, -0.25) is 0 Å². The van der Waals surface area contributed by atoms with Crippen LogP contribution in [0, 0.1) is 30.1 Å². The molecule has 3 unspecified atom stereocenters. The Morgan fingerprint density at radius 2 is 2.22 bits per heavy atom. The van der Waals surface area contributed by atoms with Crippen molar-refractivity contribution >= 4 is 5.82 Å². The zero-order valence-corrected chi connectivity index (χ0v) is 11.4. The topological polar surface area (TPSA) is 48.7 Å². The van der Waals surface area contributed by atoms with Crippen molar-refractivity contribution in [1.82, 2.24) is 4.98 Å². The summed E-state index contributed by atoms with van der Waals surface area (Å²) in [6.45, 7) is 6.52. The SMILES string of the molecule is CCC1CCC(Nc2nc(C)ccc2C#N)C1C. The number of nitriles is 1. The number of pyridine rings is 1. The molecule has 0 bridgehead atoms. The molecule has 1 aromatic rings. The molecule has 96 valence electrons. The van der Waals surface area contributed by atoms with E-state index in [1.807, 2.05) is 19.1 Å². The van der Waals surface area contributed by atoms with Crippen molar-refractivity contribution in [1.29, 1.82) is 5.26 Å². The lowest BCUT2D eigenvalue weighted by atomic mass is 9.93. The number of aryl methyl sites for hydroxylation is 1. The Balaban J connectivity index is 2.15. The Bertz CT molecular complexity index is 461. The van der Waals surface area contributed by atoms with Crippen LogP contribution in [0.25, 0.3) is 0 Å². The first-order chi connectivity index (χ1) is 8.65. The normalized spacial score (nSPS) is 26.9. The quantitative estimate of drug-likeness (QED) is 0.884. The van der Waals surface area contributed by atoms with Crippen molar-refractivity contribution in [3.05, 3.63) is 23.4 Å². The number of aromatic nitrogens is 1. The highest BCUT2D eigenvalue weighted by Crippen LogP contribution is 2.35. The van der Waals surface area contributed by atoms with Crippen molar-refractivity contribution in [2.45, 2.75) is 46.1 Å². The summed E-state index contributed by atoms with van der Waals surface area (Å²) in [6.07, 6.45) is 3.70. The molecule has 0 aliphatic heterocycles. The predicted molar refractivity (Wildman–Crippen MR) is 73.3 cm³/mol. The summed E-state index contributed by atoms with van der Waals surface area (Å²) in [4.78, 5) is 4.46. The molecule has 3 nitrogen and oxygen atoms in total. The van der Waals surface area contributed by atoms with Crippen LogP contribution in [-0.2, 0) is 0 Å². The van der Waals surface area contributed by atoms with Gasteiger partial charge in [-0.15, -0.1) is 0 Å². The van der Waals surface area contributed by atoms with Crippen molar-refractivity contribution in [3.8, 4) is 6.07 Å². The molecule has 0 saturated heterocycles. The second kappa shape index (κ2) is 5.39. The Labute approximate surface area is 109 Å². The lowest BCUT2D eigenvalue weighted by Crippen LogP contribution is -2.25. The van der Waals surface area contributed by atoms with Crippen LogP contribution in [0.4, 0.5) is 5.82 Å². The summed E-state index contributed by atoms with van der Waals surface area (Å²) in [6, 6.07) is 6.40. The molecule has 1 heterocycles. The van der Waals surface area contributed by atoms with Crippen molar-refractivity contribution < 1.29 is 0 Å². The maximum atomic E-state index is 9.12. The van der Waals surface area contributed by atoms with Crippen LogP contribution >= 0.6 is 0 Å². The van der Waals surface area contributed by atoms with E-state index in [1.54, 1.807) is 0 Å². The molecule has 1 N–H and O–H groups in total. The minimum atomic E-state index is 0.455. The Morgan fingerprint density at radius 3 is 2.83 bits per heavy atom. The molecule has 2 rings (SSSR count). The van der Waals surface area contributed by atoms with Crippen LogP contribution in [0.3, 0.4) is 0 Å². The zero-order chi connectivity index (χ0) is 13.1. The lowest BCUT2D eigenvalue weighted by molar-refractivity contribution is 0.391. The first kappa shape index (κ1) is 12.9. The average molecular weight is 243 g/mol. The lowest BCUT2D eigenvalue weighted by Gasteiger charge is -2.22. The van der Waals surface area contributed by atoms with Crippen LogP contribution in [0.15, 0.2) is 12.1 Å². The van der Waals surface area contributed by atoms with Gasteiger partial charge in [-0.1, -0.05) is 20.3 Å². The molecule has 1 fully saturated rings. The number of rotatable bonds is 3. The molecule has 1 saturated carbocycles. The molecule has 1 aliphatic carbocycles. The van der Waals surface area contributed by atoms with Crippen molar-refractivity contribution in [2.75, 3.05) is 5.32 Å². The number of nitrogens with one attached hydrogen (secondary N) is 1. The second-order valence-corrected chi connectivity index (χ2v) is 5.32. The van der Waals surface area contributed by atoms with Gasteiger partial charge < -0.3 is 5.32 Å².